The Morgan fingerprint density at radius 3 is 2.36 bits per heavy atom. The average molecular weight is 527 g/mol. The van der Waals surface area contributed by atoms with Gasteiger partial charge in [-0.05, 0) is 49.6 Å². The molecule has 1 N–H and O–H groups in total. The molecule has 0 fully saturated rings. The number of amides is 2. The fourth-order valence-electron chi connectivity index (χ4n) is 3.82. The third-order valence-corrected chi connectivity index (χ3v) is 6.48. The number of benzene rings is 3. The maximum absolute atomic E-state index is 13.6. The van der Waals surface area contributed by atoms with Gasteiger partial charge in [0, 0.05) is 24.0 Å². The number of carbonyl (C=O) groups excluding carboxylic acids is 2. The molecule has 0 heterocycles. The van der Waals surface area contributed by atoms with Crippen molar-refractivity contribution in [3.63, 3.8) is 0 Å². The van der Waals surface area contributed by atoms with Gasteiger partial charge in [0.05, 0.1) is 5.02 Å². The van der Waals surface area contributed by atoms with Crippen molar-refractivity contribution in [2.24, 2.45) is 0 Å². The zero-order valence-corrected chi connectivity index (χ0v) is 22.4. The molecule has 0 aliphatic rings. The van der Waals surface area contributed by atoms with Crippen LogP contribution < -0.4 is 10.1 Å². The molecule has 0 unspecified atom stereocenters. The largest absolute Gasteiger partial charge is 0.482 e. The number of ether oxygens (including phenoxy) is 1. The van der Waals surface area contributed by atoms with E-state index in [1.807, 2.05) is 75.4 Å². The molecular weight excluding hydrogens is 495 g/mol. The first-order valence-electron chi connectivity index (χ1n) is 12.0. The Bertz CT molecular complexity index is 1170. The average Bonchev–Trinajstić information content (AvgIpc) is 2.86. The molecule has 7 heteroatoms. The maximum atomic E-state index is 13.6. The van der Waals surface area contributed by atoms with Crippen LogP contribution in [-0.2, 0) is 22.6 Å². The van der Waals surface area contributed by atoms with E-state index >= 15 is 0 Å². The van der Waals surface area contributed by atoms with Gasteiger partial charge in [-0.15, -0.1) is 0 Å². The van der Waals surface area contributed by atoms with Gasteiger partial charge in [0.25, 0.3) is 5.91 Å². The van der Waals surface area contributed by atoms with Crippen LogP contribution in [0.25, 0.3) is 0 Å². The highest BCUT2D eigenvalue weighted by atomic mass is 35.5. The van der Waals surface area contributed by atoms with Crippen LogP contribution >= 0.6 is 23.2 Å². The standard InChI is InChI=1S/C29H32Cl2N2O3/c1-4-21(3)32-29(35)26(16-22-10-6-5-7-11-22)33(18-23-12-8-9-20(2)15-23)28(34)19-36-27-14-13-24(30)17-25(27)31/h5-15,17,21,26H,4,16,18-19H2,1-3H3,(H,32,35)/t21-,26-/m1/s1. The highest BCUT2D eigenvalue weighted by Crippen LogP contribution is 2.27. The number of hydrogen-bond donors (Lipinski definition) is 1. The van der Waals surface area contributed by atoms with Gasteiger partial charge >= 0.3 is 0 Å². The zero-order chi connectivity index (χ0) is 26.1. The first-order chi connectivity index (χ1) is 17.3. The lowest BCUT2D eigenvalue weighted by Gasteiger charge is -2.32. The van der Waals surface area contributed by atoms with Crippen molar-refractivity contribution < 1.29 is 14.3 Å². The van der Waals surface area contributed by atoms with Crippen molar-refractivity contribution in [2.75, 3.05) is 6.61 Å². The third-order valence-electron chi connectivity index (χ3n) is 5.95. The summed E-state index contributed by atoms with van der Waals surface area (Å²) < 4.78 is 5.76. The molecule has 0 aliphatic carbocycles. The normalized spacial score (nSPS) is 12.5. The Balaban J connectivity index is 1.92. The van der Waals surface area contributed by atoms with Gasteiger partial charge in [0.1, 0.15) is 11.8 Å². The predicted molar refractivity (Wildman–Crippen MR) is 146 cm³/mol. The summed E-state index contributed by atoms with van der Waals surface area (Å²) in [5.74, 6) is -0.157. The van der Waals surface area contributed by atoms with Crippen LogP contribution in [0.15, 0.2) is 72.8 Å². The first-order valence-corrected chi connectivity index (χ1v) is 12.8. The summed E-state index contributed by atoms with van der Waals surface area (Å²) in [6.45, 7) is 5.96. The van der Waals surface area contributed by atoms with Crippen LogP contribution in [0.3, 0.4) is 0 Å². The first kappa shape index (κ1) is 27.6. The number of hydrogen-bond acceptors (Lipinski definition) is 3. The van der Waals surface area contributed by atoms with Crippen LogP contribution in [0, 0.1) is 6.92 Å². The van der Waals surface area contributed by atoms with E-state index in [4.69, 9.17) is 27.9 Å². The lowest BCUT2D eigenvalue weighted by molar-refractivity contribution is -0.143. The van der Waals surface area contributed by atoms with Crippen molar-refractivity contribution in [3.05, 3.63) is 99.5 Å². The third kappa shape index (κ3) is 8.00. The Labute approximate surface area is 223 Å². The van der Waals surface area contributed by atoms with Crippen molar-refractivity contribution in [1.29, 1.82) is 0 Å². The SMILES string of the molecule is CC[C@@H](C)NC(=O)[C@@H](Cc1ccccc1)N(Cc1cccc(C)c1)C(=O)COc1ccc(Cl)cc1Cl. The minimum Gasteiger partial charge on any atom is -0.482 e. The second-order valence-corrected chi connectivity index (χ2v) is 9.74. The van der Waals surface area contributed by atoms with E-state index in [-0.39, 0.29) is 31.0 Å². The zero-order valence-electron chi connectivity index (χ0n) is 20.8. The number of aryl methyl sites for hydroxylation is 1. The molecule has 0 spiro atoms. The monoisotopic (exact) mass is 526 g/mol. The molecule has 0 bridgehead atoms. The van der Waals surface area contributed by atoms with Crippen molar-refractivity contribution in [2.45, 2.75) is 52.2 Å². The summed E-state index contributed by atoms with van der Waals surface area (Å²) >= 11 is 12.2. The quantitative estimate of drug-likeness (QED) is 0.322. The molecule has 0 saturated heterocycles. The molecule has 190 valence electrons. The summed E-state index contributed by atoms with van der Waals surface area (Å²) in [5, 5.41) is 3.85. The molecule has 0 saturated carbocycles. The molecule has 0 aromatic heterocycles. The lowest BCUT2D eigenvalue weighted by atomic mass is 10.0. The second kappa shape index (κ2) is 13.3. The highest BCUT2D eigenvalue weighted by Gasteiger charge is 2.31. The molecule has 5 nitrogen and oxygen atoms in total. The number of halogens is 2. The summed E-state index contributed by atoms with van der Waals surface area (Å²) in [7, 11) is 0. The molecule has 2 amide bonds. The fraction of sp³-hybridized carbons (Fsp3) is 0.310. The number of rotatable bonds is 11. The Morgan fingerprint density at radius 1 is 0.972 bits per heavy atom. The van der Waals surface area contributed by atoms with Crippen LogP contribution in [0.4, 0.5) is 0 Å². The molecular formula is C29H32Cl2N2O3. The molecule has 3 aromatic carbocycles. The van der Waals surface area contributed by atoms with Crippen molar-refractivity contribution >= 4 is 35.0 Å². The topological polar surface area (TPSA) is 58.6 Å². The van der Waals surface area contributed by atoms with E-state index < -0.39 is 6.04 Å². The minimum absolute atomic E-state index is 0.0178. The number of nitrogens with zero attached hydrogens (tertiary/aromatic N) is 1. The second-order valence-electron chi connectivity index (χ2n) is 8.90. The van der Waals surface area contributed by atoms with Gasteiger partial charge < -0.3 is 15.0 Å². The fourth-order valence-corrected chi connectivity index (χ4v) is 4.28. The summed E-state index contributed by atoms with van der Waals surface area (Å²) in [4.78, 5) is 28.7. The highest BCUT2D eigenvalue weighted by molar-refractivity contribution is 6.35. The Hall–Kier alpha value is -3.02. The molecule has 36 heavy (non-hydrogen) atoms. The molecule has 0 radical (unpaired) electrons. The van der Waals surface area contributed by atoms with Crippen molar-refractivity contribution in [3.8, 4) is 5.75 Å². The van der Waals surface area contributed by atoms with Gasteiger partial charge in [-0.1, -0.05) is 90.3 Å². The van der Waals surface area contributed by atoms with Crippen LogP contribution in [0.5, 0.6) is 5.75 Å². The van der Waals surface area contributed by atoms with E-state index in [0.717, 1.165) is 23.1 Å². The van der Waals surface area contributed by atoms with Crippen molar-refractivity contribution in [1.82, 2.24) is 10.2 Å². The van der Waals surface area contributed by atoms with Gasteiger partial charge in [0.2, 0.25) is 5.91 Å². The van der Waals surface area contributed by atoms with E-state index in [1.54, 1.807) is 23.1 Å². The van der Waals surface area contributed by atoms with E-state index in [0.29, 0.717) is 22.2 Å². The summed E-state index contributed by atoms with van der Waals surface area (Å²) in [6, 6.07) is 21.7. The molecule has 3 rings (SSSR count). The van der Waals surface area contributed by atoms with E-state index in [1.165, 1.54) is 0 Å². The maximum Gasteiger partial charge on any atom is 0.261 e. The van der Waals surface area contributed by atoms with Gasteiger partial charge in [-0.2, -0.15) is 0 Å². The van der Waals surface area contributed by atoms with Crippen LogP contribution in [0.2, 0.25) is 10.0 Å². The van der Waals surface area contributed by atoms with E-state index in [9.17, 15) is 9.59 Å². The number of nitrogens with one attached hydrogen (secondary N) is 1. The molecule has 0 aliphatic heterocycles. The van der Waals surface area contributed by atoms with E-state index in [2.05, 4.69) is 5.32 Å². The number of carbonyl (C=O) groups is 2. The Kier molecular flexibility index (Phi) is 10.2. The smallest absolute Gasteiger partial charge is 0.261 e. The summed E-state index contributed by atoms with van der Waals surface area (Å²) in [5.41, 5.74) is 2.97. The van der Waals surface area contributed by atoms with Gasteiger partial charge in [0.15, 0.2) is 6.61 Å². The van der Waals surface area contributed by atoms with Crippen LogP contribution in [0.1, 0.15) is 37.0 Å². The summed E-state index contributed by atoms with van der Waals surface area (Å²) in [6.07, 6.45) is 1.16. The van der Waals surface area contributed by atoms with Gasteiger partial charge in [-0.25, -0.2) is 0 Å². The van der Waals surface area contributed by atoms with Crippen LogP contribution in [-0.4, -0.2) is 35.4 Å². The molecule has 2 atom stereocenters. The Morgan fingerprint density at radius 2 is 1.69 bits per heavy atom. The predicted octanol–water partition coefficient (Wildman–Crippen LogP) is 6.24. The molecule has 3 aromatic rings. The lowest BCUT2D eigenvalue weighted by Crippen LogP contribution is -2.53. The van der Waals surface area contributed by atoms with Gasteiger partial charge in [-0.3, -0.25) is 9.59 Å². The minimum atomic E-state index is -0.723.